The van der Waals surface area contributed by atoms with Crippen molar-refractivity contribution < 1.29 is 9.84 Å². The van der Waals surface area contributed by atoms with Gasteiger partial charge in [0.05, 0.1) is 17.5 Å². The molecule has 4 heteroatoms. The second-order valence-electron chi connectivity index (χ2n) is 12.8. The highest BCUT2D eigenvalue weighted by Crippen LogP contribution is 2.53. The Morgan fingerprint density at radius 2 is 2.03 bits per heavy atom. The lowest BCUT2D eigenvalue weighted by Crippen LogP contribution is -2.55. The Morgan fingerprint density at radius 3 is 2.76 bits per heavy atom. The van der Waals surface area contributed by atoms with Crippen molar-refractivity contribution in [1.29, 1.82) is 0 Å². The van der Waals surface area contributed by atoms with Crippen molar-refractivity contribution in [3.63, 3.8) is 0 Å². The average molecular weight is 471 g/mol. The summed E-state index contributed by atoms with van der Waals surface area (Å²) in [6.07, 6.45) is 15.4. The summed E-state index contributed by atoms with van der Waals surface area (Å²) < 4.78 is 6.76. The van der Waals surface area contributed by atoms with Gasteiger partial charge in [-0.3, -0.25) is 4.90 Å². The molecule has 0 aromatic rings. The second kappa shape index (κ2) is 10.5. The first-order valence-electron chi connectivity index (χ1n) is 14.0. The minimum absolute atomic E-state index is 0.0234. The monoisotopic (exact) mass is 470 g/mol. The van der Waals surface area contributed by atoms with E-state index in [1.165, 1.54) is 31.3 Å². The quantitative estimate of drug-likeness (QED) is 0.318. The SMILES string of the molecule is CCCCCCC(C)(C)C1=CC2OC(C)(C)[C@H]3CC=C(CN4CCNC(C)C4)CC3[C@@H]2C(O)=C1. The van der Waals surface area contributed by atoms with Gasteiger partial charge in [-0.2, -0.15) is 0 Å². The first-order chi connectivity index (χ1) is 16.1. The first kappa shape index (κ1) is 26.0. The summed E-state index contributed by atoms with van der Waals surface area (Å²) >= 11 is 0. The van der Waals surface area contributed by atoms with Gasteiger partial charge in [-0.1, -0.05) is 64.2 Å². The number of piperazine rings is 1. The van der Waals surface area contributed by atoms with Crippen LogP contribution in [0.2, 0.25) is 0 Å². The zero-order valence-corrected chi connectivity index (χ0v) is 22.7. The Morgan fingerprint density at radius 1 is 1.24 bits per heavy atom. The van der Waals surface area contributed by atoms with E-state index in [1.807, 2.05) is 0 Å². The van der Waals surface area contributed by atoms with Crippen molar-refractivity contribution in [1.82, 2.24) is 10.2 Å². The van der Waals surface area contributed by atoms with Crippen LogP contribution in [0.15, 0.2) is 35.1 Å². The number of rotatable bonds is 8. The molecule has 5 atom stereocenters. The smallest absolute Gasteiger partial charge is 0.0988 e. The number of hydrogen-bond donors (Lipinski definition) is 2. The van der Waals surface area contributed by atoms with E-state index >= 15 is 0 Å². The maximum atomic E-state index is 11.4. The van der Waals surface area contributed by atoms with E-state index < -0.39 is 0 Å². The van der Waals surface area contributed by atoms with Crippen LogP contribution >= 0.6 is 0 Å². The van der Waals surface area contributed by atoms with Crippen molar-refractivity contribution in [3.05, 3.63) is 35.1 Å². The van der Waals surface area contributed by atoms with E-state index in [0.717, 1.165) is 45.4 Å². The summed E-state index contributed by atoms with van der Waals surface area (Å²) in [7, 11) is 0. The van der Waals surface area contributed by atoms with Crippen LogP contribution in [0, 0.1) is 23.2 Å². The molecule has 2 saturated heterocycles. The minimum atomic E-state index is -0.179. The van der Waals surface area contributed by atoms with Crippen molar-refractivity contribution in [2.75, 3.05) is 26.2 Å². The summed E-state index contributed by atoms with van der Waals surface area (Å²) in [4.78, 5) is 2.60. The molecule has 4 rings (SSSR count). The fourth-order valence-corrected chi connectivity index (χ4v) is 7.07. The van der Waals surface area contributed by atoms with E-state index in [2.05, 4.69) is 70.0 Å². The molecule has 4 nitrogen and oxygen atoms in total. The predicted molar refractivity (Wildman–Crippen MR) is 142 cm³/mol. The number of nitrogens with one attached hydrogen (secondary N) is 1. The molecule has 192 valence electrons. The molecule has 2 fully saturated rings. The third-order valence-electron chi connectivity index (χ3n) is 9.13. The molecule has 0 bridgehead atoms. The molecule has 2 aliphatic heterocycles. The molecule has 2 aliphatic carbocycles. The Bertz CT molecular complexity index is 809. The first-order valence-corrected chi connectivity index (χ1v) is 14.0. The van der Waals surface area contributed by atoms with E-state index in [4.69, 9.17) is 4.74 Å². The van der Waals surface area contributed by atoms with Gasteiger partial charge in [-0.25, -0.2) is 0 Å². The van der Waals surface area contributed by atoms with E-state index in [9.17, 15) is 5.11 Å². The minimum Gasteiger partial charge on any atom is -0.512 e. The third-order valence-corrected chi connectivity index (χ3v) is 9.13. The van der Waals surface area contributed by atoms with Gasteiger partial charge in [0.2, 0.25) is 0 Å². The maximum absolute atomic E-state index is 11.4. The zero-order chi connectivity index (χ0) is 24.5. The van der Waals surface area contributed by atoms with Crippen LogP contribution < -0.4 is 5.32 Å². The van der Waals surface area contributed by atoms with Gasteiger partial charge < -0.3 is 15.2 Å². The van der Waals surface area contributed by atoms with Crippen LogP contribution in [-0.2, 0) is 4.74 Å². The van der Waals surface area contributed by atoms with Gasteiger partial charge in [0.15, 0.2) is 0 Å². The molecule has 0 amide bonds. The van der Waals surface area contributed by atoms with E-state index in [0.29, 0.717) is 23.6 Å². The molecule has 0 aromatic carbocycles. The van der Waals surface area contributed by atoms with Gasteiger partial charge in [0.1, 0.15) is 0 Å². The molecule has 4 aliphatic rings. The molecule has 0 spiro atoms. The lowest BCUT2D eigenvalue weighted by Gasteiger charge is -2.54. The summed E-state index contributed by atoms with van der Waals surface area (Å²) in [6.45, 7) is 18.2. The zero-order valence-electron chi connectivity index (χ0n) is 22.7. The highest BCUT2D eigenvalue weighted by atomic mass is 16.5. The number of nitrogens with zero attached hydrogens (tertiary/aromatic N) is 1. The highest BCUT2D eigenvalue weighted by molar-refractivity contribution is 5.36. The lowest BCUT2D eigenvalue weighted by molar-refractivity contribution is -0.177. The molecule has 2 heterocycles. The summed E-state index contributed by atoms with van der Waals surface area (Å²) in [6, 6.07) is 0.566. The standard InChI is InChI=1S/C30H50N2O2/c1-7-8-9-10-13-29(3,4)23-17-26(33)28-24-16-22(20-32-15-14-31-21(2)19-32)11-12-25(24)30(5,6)34-27(28)18-23/h11,17-18,21,24-25,27-28,31,33H,7-10,12-16,19-20H2,1-6H3/t21?,24?,25-,27?,28+/m0/s1. The maximum Gasteiger partial charge on any atom is 0.0988 e. The van der Waals surface area contributed by atoms with Crippen molar-refractivity contribution >= 4 is 0 Å². The Kier molecular flexibility index (Phi) is 8.01. The van der Waals surface area contributed by atoms with Crippen LogP contribution in [0.25, 0.3) is 0 Å². The lowest BCUT2D eigenvalue weighted by atomic mass is 9.61. The van der Waals surface area contributed by atoms with Crippen LogP contribution in [0.1, 0.15) is 86.5 Å². The fraction of sp³-hybridized carbons (Fsp3) is 0.800. The number of aliphatic hydroxyl groups is 1. The third kappa shape index (κ3) is 5.65. The van der Waals surface area contributed by atoms with Gasteiger partial charge in [-0.05, 0) is 68.9 Å². The largest absolute Gasteiger partial charge is 0.512 e. The summed E-state index contributed by atoms with van der Waals surface area (Å²) in [5, 5.41) is 15.0. The highest BCUT2D eigenvalue weighted by Gasteiger charge is 2.52. The molecule has 0 aromatic heterocycles. The van der Waals surface area contributed by atoms with Gasteiger partial charge in [-0.15, -0.1) is 0 Å². The molecule has 2 N–H and O–H groups in total. The van der Waals surface area contributed by atoms with Gasteiger partial charge in [0.25, 0.3) is 0 Å². The average Bonchev–Trinajstić information content (AvgIpc) is 2.76. The Labute approximate surface area is 208 Å². The Balaban J connectivity index is 1.50. The van der Waals surface area contributed by atoms with Crippen LogP contribution in [0.5, 0.6) is 0 Å². The molecular formula is C30H50N2O2. The van der Waals surface area contributed by atoms with Gasteiger partial charge >= 0.3 is 0 Å². The number of unbranched alkanes of at least 4 members (excludes halogenated alkanes) is 3. The van der Waals surface area contributed by atoms with Crippen molar-refractivity contribution in [2.24, 2.45) is 23.2 Å². The topological polar surface area (TPSA) is 44.7 Å². The van der Waals surface area contributed by atoms with Crippen molar-refractivity contribution in [2.45, 2.75) is 104 Å². The Hall–Kier alpha value is -1.10. The molecule has 34 heavy (non-hydrogen) atoms. The van der Waals surface area contributed by atoms with Crippen LogP contribution in [0.4, 0.5) is 0 Å². The number of hydrogen-bond acceptors (Lipinski definition) is 4. The molecular weight excluding hydrogens is 420 g/mol. The predicted octanol–water partition coefficient (Wildman–Crippen LogP) is 6.40. The molecule has 3 unspecified atom stereocenters. The number of aliphatic hydroxyl groups excluding tert-OH is 1. The number of ether oxygens (including phenoxy) is 1. The van der Waals surface area contributed by atoms with Crippen LogP contribution in [-0.4, -0.2) is 53.9 Å². The van der Waals surface area contributed by atoms with Crippen LogP contribution in [0.3, 0.4) is 0 Å². The van der Waals surface area contributed by atoms with Crippen molar-refractivity contribution in [3.8, 4) is 0 Å². The number of allylic oxidation sites excluding steroid dienone is 3. The second-order valence-corrected chi connectivity index (χ2v) is 12.8. The van der Waals surface area contributed by atoms with E-state index in [1.54, 1.807) is 5.57 Å². The normalized spacial score (nSPS) is 33.9. The molecule has 0 saturated carbocycles. The molecule has 0 radical (unpaired) electrons. The number of fused-ring (bicyclic) bond motifs is 3. The summed E-state index contributed by atoms with van der Waals surface area (Å²) in [5.41, 5.74) is 2.71. The summed E-state index contributed by atoms with van der Waals surface area (Å²) in [5.74, 6) is 1.54. The van der Waals surface area contributed by atoms with Gasteiger partial charge in [0, 0.05) is 38.1 Å². The fourth-order valence-electron chi connectivity index (χ4n) is 7.07. The van der Waals surface area contributed by atoms with E-state index in [-0.39, 0.29) is 23.0 Å².